The molecular weight excluding hydrogens is 508 g/mol. The molecule has 10 heteroatoms. The molecule has 1 fully saturated rings. The lowest BCUT2D eigenvalue weighted by molar-refractivity contribution is -0.141. The highest BCUT2D eigenvalue weighted by Gasteiger charge is 2.44. The first-order chi connectivity index (χ1) is 18.4. The first-order valence-electron chi connectivity index (χ1n) is 12.2. The molecule has 5 rings (SSSR count). The third-order valence-corrected chi connectivity index (χ3v) is 7.19. The van der Waals surface area contributed by atoms with Gasteiger partial charge in [-0.05, 0) is 44.4 Å². The zero-order valence-corrected chi connectivity index (χ0v) is 22.1. The maximum atomic E-state index is 12.9. The first-order valence-corrected chi connectivity index (χ1v) is 12.6. The number of fused-ring (bicyclic) bond motifs is 1. The molecule has 1 atom stereocenters. The summed E-state index contributed by atoms with van der Waals surface area (Å²) in [5.41, 5.74) is 3.12. The highest BCUT2D eigenvalue weighted by atomic mass is 35.5. The number of rotatable bonds is 7. The van der Waals surface area contributed by atoms with Crippen LogP contribution >= 0.6 is 11.6 Å². The van der Waals surface area contributed by atoms with E-state index in [2.05, 4.69) is 27.1 Å². The highest BCUT2D eigenvalue weighted by Crippen LogP contribution is 2.43. The Morgan fingerprint density at radius 2 is 2.21 bits per heavy atom. The third kappa shape index (κ3) is 4.52. The van der Waals surface area contributed by atoms with Crippen LogP contribution in [0.15, 0.2) is 36.7 Å². The number of pyridine rings is 1. The molecule has 0 aliphatic carbocycles. The lowest BCUT2D eigenvalue weighted by atomic mass is 9.87. The second kappa shape index (κ2) is 10.3. The maximum Gasteiger partial charge on any atom is 0.342 e. The number of H-pyrrole nitrogens is 1. The van der Waals surface area contributed by atoms with Crippen LogP contribution in [0.3, 0.4) is 0 Å². The molecule has 9 nitrogen and oxygen atoms in total. The van der Waals surface area contributed by atoms with E-state index in [0.29, 0.717) is 57.7 Å². The van der Waals surface area contributed by atoms with Crippen molar-refractivity contribution in [1.29, 1.82) is 0 Å². The van der Waals surface area contributed by atoms with Crippen molar-refractivity contribution in [1.82, 2.24) is 14.9 Å². The number of cyclic esters (lactones) is 1. The molecule has 4 heterocycles. The Kier molecular flexibility index (Phi) is 6.91. The van der Waals surface area contributed by atoms with Crippen LogP contribution in [0.2, 0.25) is 5.02 Å². The van der Waals surface area contributed by atoms with Crippen LogP contribution in [-0.4, -0.2) is 59.2 Å². The fraction of sp³-hybridized carbons (Fsp3) is 0.321. The molecule has 0 unspecified atom stereocenters. The number of methoxy groups -OCH3 is 1. The minimum absolute atomic E-state index is 0.214. The summed E-state index contributed by atoms with van der Waals surface area (Å²) < 4.78 is 17.1. The van der Waals surface area contributed by atoms with E-state index in [0.717, 1.165) is 12.1 Å². The Labute approximate surface area is 225 Å². The predicted molar refractivity (Wildman–Crippen MR) is 143 cm³/mol. The van der Waals surface area contributed by atoms with Crippen molar-refractivity contribution in [3.8, 4) is 34.6 Å². The van der Waals surface area contributed by atoms with Gasteiger partial charge < -0.3 is 29.4 Å². The molecule has 196 valence electrons. The molecule has 1 aromatic carbocycles. The molecule has 1 amide bonds. The van der Waals surface area contributed by atoms with Crippen LogP contribution in [0.5, 0.6) is 11.5 Å². The van der Waals surface area contributed by atoms with Crippen molar-refractivity contribution >= 4 is 34.9 Å². The molecule has 2 aliphatic heterocycles. The van der Waals surface area contributed by atoms with Crippen LogP contribution in [0.1, 0.15) is 36.3 Å². The van der Waals surface area contributed by atoms with Gasteiger partial charge in [0.15, 0.2) is 5.75 Å². The quantitative estimate of drug-likeness (QED) is 0.337. The van der Waals surface area contributed by atoms with Crippen molar-refractivity contribution < 1.29 is 23.8 Å². The Morgan fingerprint density at radius 3 is 2.95 bits per heavy atom. The number of nitrogens with one attached hydrogen (secondary N) is 2. The zero-order valence-electron chi connectivity index (χ0n) is 21.3. The molecule has 0 radical (unpaired) electrons. The molecule has 0 saturated carbocycles. The highest BCUT2D eigenvalue weighted by molar-refractivity contribution is 6.32. The summed E-state index contributed by atoms with van der Waals surface area (Å²) in [7, 11) is 1.53. The molecular formula is C28H27ClN4O5. The van der Waals surface area contributed by atoms with Gasteiger partial charge in [-0.3, -0.25) is 9.78 Å². The summed E-state index contributed by atoms with van der Waals surface area (Å²) in [5.74, 6) is 5.58. The Balaban J connectivity index is 1.53. The molecule has 2 aromatic heterocycles. The normalized spacial score (nSPS) is 17.9. The van der Waals surface area contributed by atoms with Crippen molar-refractivity contribution in [2.24, 2.45) is 0 Å². The number of aromatic amines is 1. The van der Waals surface area contributed by atoms with E-state index in [4.69, 9.17) is 25.8 Å². The molecule has 1 saturated heterocycles. The average molecular weight is 535 g/mol. The Bertz CT molecular complexity index is 1470. The number of hydrogen-bond donors (Lipinski definition) is 2. The van der Waals surface area contributed by atoms with E-state index in [-0.39, 0.29) is 19.1 Å². The second-order valence-corrected chi connectivity index (χ2v) is 9.71. The smallest absolute Gasteiger partial charge is 0.342 e. The molecule has 0 spiro atoms. The number of nitrogens with zero attached hydrogens (tertiary/aromatic N) is 2. The van der Waals surface area contributed by atoms with Gasteiger partial charge in [0.25, 0.3) is 5.91 Å². The van der Waals surface area contributed by atoms with Gasteiger partial charge >= 0.3 is 5.97 Å². The second-order valence-electron chi connectivity index (χ2n) is 9.30. The fourth-order valence-electron chi connectivity index (χ4n) is 4.77. The summed E-state index contributed by atoms with van der Waals surface area (Å²) in [6.07, 6.45) is 4.61. The van der Waals surface area contributed by atoms with Crippen molar-refractivity contribution in [3.63, 3.8) is 0 Å². The van der Waals surface area contributed by atoms with Crippen LogP contribution in [0.25, 0.3) is 11.3 Å². The topological polar surface area (TPSA) is 106 Å². The number of aromatic nitrogens is 2. The number of likely N-dealkylation sites (tertiary alicyclic amines) is 1. The lowest BCUT2D eigenvalue weighted by Gasteiger charge is -2.49. The van der Waals surface area contributed by atoms with Gasteiger partial charge in [0.05, 0.1) is 47.5 Å². The van der Waals surface area contributed by atoms with Gasteiger partial charge in [-0.1, -0.05) is 23.6 Å². The van der Waals surface area contributed by atoms with E-state index in [1.165, 1.54) is 7.11 Å². The number of anilines is 2. The van der Waals surface area contributed by atoms with Gasteiger partial charge in [0.1, 0.15) is 17.9 Å². The summed E-state index contributed by atoms with van der Waals surface area (Å²) >= 11 is 6.35. The van der Waals surface area contributed by atoms with E-state index >= 15 is 0 Å². The summed E-state index contributed by atoms with van der Waals surface area (Å²) in [4.78, 5) is 34.6. The predicted octanol–water partition coefficient (Wildman–Crippen LogP) is 4.59. The van der Waals surface area contributed by atoms with Crippen LogP contribution < -0.4 is 14.8 Å². The maximum absolute atomic E-state index is 12.9. The minimum atomic E-state index is -0.484. The molecule has 0 bridgehead atoms. The van der Waals surface area contributed by atoms with Gasteiger partial charge in [0, 0.05) is 30.4 Å². The summed E-state index contributed by atoms with van der Waals surface area (Å²) in [6.45, 7) is 4.80. The minimum Gasteiger partial charge on any atom is -0.493 e. The standard InChI is InChI=1S/C28H27ClN4O5/c1-4-6-22(34)33-13-11-28(33,2)16-38-21-15-30-12-9-17(21)24-25(23-19(31-24)10-14-37-27(23)35)32-20-8-5-7-18(29)26(20)36-3/h5,7-9,12,15,31-32H,10-11,13-14,16H2,1-3H3/t28-/m0/s1. The largest absolute Gasteiger partial charge is 0.493 e. The van der Waals surface area contributed by atoms with E-state index in [1.54, 1.807) is 36.4 Å². The lowest BCUT2D eigenvalue weighted by Crippen LogP contribution is -2.63. The number of hydrogen-bond acceptors (Lipinski definition) is 7. The van der Waals surface area contributed by atoms with Crippen LogP contribution in [-0.2, 0) is 16.0 Å². The Morgan fingerprint density at radius 1 is 1.37 bits per heavy atom. The van der Waals surface area contributed by atoms with Crippen molar-refractivity contribution in [2.45, 2.75) is 32.2 Å². The monoisotopic (exact) mass is 534 g/mol. The van der Waals surface area contributed by atoms with Crippen LogP contribution in [0, 0.1) is 11.8 Å². The number of amides is 1. The van der Waals surface area contributed by atoms with Gasteiger partial charge in [-0.25, -0.2) is 4.79 Å². The molecule has 3 aromatic rings. The molecule has 38 heavy (non-hydrogen) atoms. The van der Waals surface area contributed by atoms with Gasteiger partial charge in [-0.15, -0.1) is 0 Å². The van der Waals surface area contributed by atoms with Gasteiger partial charge in [-0.2, -0.15) is 0 Å². The van der Waals surface area contributed by atoms with E-state index < -0.39 is 11.5 Å². The summed E-state index contributed by atoms with van der Waals surface area (Å²) in [5, 5.41) is 3.77. The molecule has 2 aliphatic rings. The van der Waals surface area contributed by atoms with E-state index in [1.807, 2.05) is 19.1 Å². The third-order valence-electron chi connectivity index (χ3n) is 6.89. The van der Waals surface area contributed by atoms with E-state index in [9.17, 15) is 9.59 Å². The first kappa shape index (κ1) is 25.5. The number of ether oxygens (including phenoxy) is 3. The van der Waals surface area contributed by atoms with Gasteiger partial charge in [0.2, 0.25) is 0 Å². The van der Waals surface area contributed by atoms with Crippen molar-refractivity contribution in [3.05, 3.63) is 52.9 Å². The number of carbonyl (C=O) groups is 2. The summed E-state index contributed by atoms with van der Waals surface area (Å²) in [6, 6.07) is 7.14. The fourth-order valence-corrected chi connectivity index (χ4v) is 5.02. The Hall–Kier alpha value is -4.16. The average Bonchev–Trinajstić information content (AvgIpc) is 3.26. The SMILES string of the molecule is CC#CC(=O)N1CC[C@@]1(C)COc1cnccc1-c1[nH]c2c(c1Nc1cccc(Cl)c1OC)C(=O)OCC2. The van der Waals surface area contributed by atoms with Crippen LogP contribution in [0.4, 0.5) is 11.4 Å². The number of benzene rings is 1. The van der Waals surface area contributed by atoms with Crippen molar-refractivity contribution in [2.75, 3.05) is 32.2 Å². The molecule has 2 N–H and O–H groups in total. The zero-order chi connectivity index (χ0) is 26.9. The number of para-hydroxylation sites is 1. The number of esters is 1. The number of carbonyl (C=O) groups excluding carboxylic acids is 2. The number of halogens is 1.